The highest BCUT2D eigenvalue weighted by Gasteiger charge is 2.38. The zero-order chi connectivity index (χ0) is 16.6. The molecule has 0 aromatic carbocycles. The van der Waals surface area contributed by atoms with Crippen molar-refractivity contribution in [2.75, 3.05) is 12.3 Å². The number of esters is 1. The molecule has 3 rings (SSSR count). The largest absolute Gasteiger partial charge is 0.460 e. The van der Waals surface area contributed by atoms with Crippen molar-refractivity contribution < 1.29 is 19.4 Å². The van der Waals surface area contributed by atoms with Gasteiger partial charge in [0.2, 0.25) is 5.95 Å². The van der Waals surface area contributed by atoms with Crippen molar-refractivity contribution >= 4 is 29.2 Å². The average molecular weight is 319 g/mol. The summed E-state index contributed by atoms with van der Waals surface area (Å²) >= 11 is 0. The highest BCUT2D eigenvalue weighted by molar-refractivity contribution is 5.80. The molecular formula is C14H17N5O4. The molecule has 0 amide bonds. The number of imidazole rings is 1. The van der Waals surface area contributed by atoms with Crippen LogP contribution in [0.2, 0.25) is 0 Å². The first-order valence-electron chi connectivity index (χ1n) is 7.09. The quantitative estimate of drug-likeness (QED) is 0.769. The van der Waals surface area contributed by atoms with Gasteiger partial charge in [-0.05, 0) is 6.08 Å². The van der Waals surface area contributed by atoms with Gasteiger partial charge in [0, 0.05) is 13.3 Å². The van der Waals surface area contributed by atoms with Gasteiger partial charge >= 0.3 is 5.97 Å². The Bertz CT molecular complexity index is 759. The Morgan fingerprint density at radius 1 is 1.65 bits per heavy atom. The van der Waals surface area contributed by atoms with Crippen molar-refractivity contribution in [2.24, 2.45) is 0 Å². The van der Waals surface area contributed by atoms with E-state index in [0.717, 1.165) is 0 Å². The van der Waals surface area contributed by atoms with E-state index in [-0.39, 0.29) is 12.6 Å². The molecule has 0 radical (unpaired) electrons. The second kappa shape index (κ2) is 5.94. The summed E-state index contributed by atoms with van der Waals surface area (Å²) in [6.07, 6.45) is 1.88. The minimum absolute atomic E-state index is 0.0994. The molecule has 0 unspecified atom stereocenters. The molecule has 3 atom stereocenters. The number of anilines is 1. The van der Waals surface area contributed by atoms with Gasteiger partial charge in [-0.15, -0.1) is 0 Å². The summed E-state index contributed by atoms with van der Waals surface area (Å²) < 4.78 is 12.6. The number of aliphatic hydroxyl groups excluding tert-OH is 1. The minimum Gasteiger partial charge on any atom is -0.460 e. The summed E-state index contributed by atoms with van der Waals surface area (Å²) in [5, 5.41) is 9.40. The SMILES string of the molecule is C=Cc1nc(N)nc2c1ncn2[C@H]1C[C@H](OC(C)=O)[C@@H](CO)O1. The van der Waals surface area contributed by atoms with Crippen molar-refractivity contribution in [1.29, 1.82) is 0 Å². The van der Waals surface area contributed by atoms with Crippen LogP contribution >= 0.6 is 0 Å². The molecule has 3 heterocycles. The van der Waals surface area contributed by atoms with Crippen LogP contribution in [-0.4, -0.2) is 49.4 Å². The molecule has 9 heteroatoms. The van der Waals surface area contributed by atoms with E-state index < -0.39 is 24.4 Å². The van der Waals surface area contributed by atoms with Gasteiger partial charge in [0.25, 0.3) is 0 Å². The molecule has 1 fully saturated rings. The zero-order valence-electron chi connectivity index (χ0n) is 12.5. The summed E-state index contributed by atoms with van der Waals surface area (Å²) in [4.78, 5) is 23.7. The van der Waals surface area contributed by atoms with Gasteiger partial charge in [-0.3, -0.25) is 9.36 Å². The Balaban J connectivity index is 1.96. The first-order chi connectivity index (χ1) is 11.0. The molecule has 9 nitrogen and oxygen atoms in total. The molecular weight excluding hydrogens is 302 g/mol. The van der Waals surface area contributed by atoms with E-state index in [0.29, 0.717) is 23.3 Å². The maximum absolute atomic E-state index is 11.2. The monoisotopic (exact) mass is 319 g/mol. The molecule has 1 saturated heterocycles. The fraction of sp³-hybridized carbons (Fsp3) is 0.429. The smallest absolute Gasteiger partial charge is 0.302 e. The molecule has 2 aromatic rings. The second-order valence-electron chi connectivity index (χ2n) is 5.19. The number of carbonyl (C=O) groups excluding carboxylic acids is 1. The predicted octanol–water partition coefficient (Wildman–Crippen LogP) is 0.263. The number of nitrogen functional groups attached to an aromatic ring is 1. The Morgan fingerprint density at radius 2 is 2.43 bits per heavy atom. The molecule has 122 valence electrons. The Morgan fingerprint density at radius 3 is 3.09 bits per heavy atom. The van der Waals surface area contributed by atoms with Crippen molar-refractivity contribution in [3.05, 3.63) is 18.6 Å². The van der Waals surface area contributed by atoms with Crippen LogP contribution < -0.4 is 5.73 Å². The van der Waals surface area contributed by atoms with Crippen LogP contribution in [0.25, 0.3) is 17.2 Å². The highest BCUT2D eigenvalue weighted by Crippen LogP contribution is 2.33. The lowest BCUT2D eigenvalue weighted by atomic mass is 10.2. The van der Waals surface area contributed by atoms with Crippen molar-refractivity contribution in [1.82, 2.24) is 19.5 Å². The first-order valence-corrected chi connectivity index (χ1v) is 7.09. The number of carbonyl (C=O) groups is 1. The van der Waals surface area contributed by atoms with Crippen LogP contribution in [0.1, 0.15) is 25.3 Å². The van der Waals surface area contributed by atoms with Crippen LogP contribution in [0, 0.1) is 0 Å². The van der Waals surface area contributed by atoms with Crippen LogP contribution in [0.15, 0.2) is 12.9 Å². The van der Waals surface area contributed by atoms with Crippen LogP contribution in [0.4, 0.5) is 5.95 Å². The third-order valence-electron chi connectivity index (χ3n) is 3.65. The number of hydrogen-bond acceptors (Lipinski definition) is 8. The molecule has 0 bridgehead atoms. The fourth-order valence-corrected chi connectivity index (χ4v) is 2.68. The summed E-state index contributed by atoms with van der Waals surface area (Å²) in [6, 6.07) is 0. The third-order valence-corrected chi connectivity index (χ3v) is 3.65. The van der Waals surface area contributed by atoms with E-state index in [4.69, 9.17) is 15.2 Å². The van der Waals surface area contributed by atoms with Gasteiger partial charge < -0.3 is 20.3 Å². The van der Waals surface area contributed by atoms with Gasteiger partial charge in [-0.2, -0.15) is 4.98 Å². The molecule has 23 heavy (non-hydrogen) atoms. The van der Waals surface area contributed by atoms with Gasteiger partial charge in [0.05, 0.1) is 18.6 Å². The van der Waals surface area contributed by atoms with Gasteiger partial charge in [0.15, 0.2) is 5.65 Å². The summed E-state index contributed by atoms with van der Waals surface area (Å²) in [6.45, 7) is 4.75. The Labute approximate surface area is 131 Å². The number of fused-ring (bicyclic) bond motifs is 1. The number of ether oxygens (including phenoxy) is 2. The molecule has 0 saturated carbocycles. The van der Waals surface area contributed by atoms with E-state index >= 15 is 0 Å². The molecule has 3 N–H and O–H groups in total. The van der Waals surface area contributed by atoms with Gasteiger partial charge in [-0.1, -0.05) is 6.58 Å². The van der Waals surface area contributed by atoms with E-state index in [1.807, 2.05) is 0 Å². The van der Waals surface area contributed by atoms with E-state index in [2.05, 4.69) is 21.5 Å². The molecule has 1 aliphatic rings. The Kier molecular flexibility index (Phi) is 3.97. The van der Waals surface area contributed by atoms with Crippen LogP contribution in [-0.2, 0) is 14.3 Å². The summed E-state index contributed by atoms with van der Waals surface area (Å²) in [5.41, 5.74) is 7.29. The lowest BCUT2D eigenvalue weighted by Crippen LogP contribution is -2.29. The second-order valence-corrected chi connectivity index (χ2v) is 5.19. The average Bonchev–Trinajstić information content (AvgIpc) is 3.09. The van der Waals surface area contributed by atoms with E-state index in [1.165, 1.54) is 6.92 Å². The van der Waals surface area contributed by atoms with Gasteiger partial charge in [-0.25, -0.2) is 9.97 Å². The predicted molar refractivity (Wildman–Crippen MR) is 81.0 cm³/mol. The maximum atomic E-state index is 11.2. The molecule has 2 aromatic heterocycles. The molecule has 0 aliphatic carbocycles. The van der Waals surface area contributed by atoms with Crippen molar-refractivity contribution in [3.8, 4) is 0 Å². The van der Waals surface area contributed by atoms with Crippen molar-refractivity contribution in [3.63, 3.8) is 0 Å². The lowest BCUT2D eigenvalue weighted by molar-refractivity contribution is -0.150. The van der Waals surface area contributed by atoms with E-state index in [9.17, 15) is 9.90 Å². The van der Waals surface area contributed by atoms with Crippen molar-refractivity contribution in [2.45, 2.75) is 31.8 Å². The maximum Gasteiger partial charge on any atom is 0.302 e. The first kappa shape index (κ1) is 15.4. The number of aliphatic hydroxyl groups is 1. The minimum atomic E-state index is -0.598. The third kappa shape index (κ3) is 2.76. The number of nitrogens with two attached hydrogens (primary N) is 1. The van der Waals surface area contributed by atoms with Crippen LogP contribution in [0.5, 0.6) is 0 Å². The number of aromatic nitrogens is 4. The topological polar surface area (TPSA) is 125 Å². The Hall–Kier alpha value is -2.52. The normalized spacial score (nSPS) is 24.0. The van der Waals surface area contributed by atoms with Crippen LogP contribution in [0.3, 0.4) is 0 Å². The fourth-order valence-electron chi connectivity index (χ4n) is 2.68. The zero-order valence-corrected chi connectivity index (χ0v) is 12.5. The molecule has 0 spiro atoms. The molecule has 1 aliphatic heterocycles. The van der Waals surface area contributed by atoms with Gasteiger partial charge in [0.1, 0.15) is 24.0 Å². The lowest BCUT2D eigenvalue weighted by Gasteiger charge is -2.15. The summed E-state index contributed by atoms with van der Waals surface area (Å²) in [5.74, 6) is -0.323. The number of hydrogen-bond donors (Lipinski definition) is 2. The standard InChI is InChI=1S/C14H17N5O4/c1-3-8-12-13(18-14(15)17-8)19(6-16-12)11-4-9(22-7(2)21)10(5-20)23-11/h3,6,9-11,20H,1,4-5H2,2H3,(H2,15,17,18)/t9-,10+,11+/m0/s1. The number of nitrogens with zero attached hydrogens (tertiary/aromatic N) is 4. The number of rotatable bonds is 4. The van der Waals surface area contributed by atoms with E-state index in [1.54, 1.807) is 17.0 Å². The summed E-state index contributed by atoms with van der Waals surface area (Å²) in [7, 11) is 0. The highest BCUT2D eigenvalue weighted by atomic mass is 16.6.